The van der Waals surface area contributed by atoms with Crippen LogP contribution in [0.5, 0.6) is 0 Å². The maximum absolute atomic E-state index is 6.22. The number of hydrogen-bond donors (Lipinski definition) is 1. The number of fused-ring (bicyclic) bond motifs is 1. The second kappa shape index (κ2) is 5.85. The van der Waals surface area contributed by atoms with Gasteiger partial charge in [-0.25, -0.2) is 4.98 Å². The molecule has 0 unspecified atom stereocenters. The van der Waals surface area contributed by atoms with Crippen molar-refractivity contribution in [3.63, 3.8) is 0 Å². The Balaban J connectivity index is 1.70. The summed E-state index contributed by atoms with van der Waals surface area (Å²) in [5, 5.41) is 7.34. The summed E-state index contributed by atoms with van der Waals surface area (Å²) < 4.78 is 5.94. The largest absolute Gasteiger partial charge is 0.436 e. The number of aromatic nitrogens is 4. The number of aryl methyl sites for hydroxylation is 2. The zero-order valence-corrected chi connectivity index (χ0v) is 12.9. The molecule has 0 amide bonds. The molecule has 0 aliphatic heterocycles. The second-order valence-electron chi connectivity index (χ2n) is 5.24. The Morgan fingerprint density at radius 3 is 2.91 bits per heavy atom. The molecule has 0 saturated carbocycles. The third kappa shape index (κ3) is 2.83. The smallest absolute Gasteiger partial charge is 0.230 e. The quantitative estimate of drug-likeness (QED) is 0.615. The van der Waals surface area contributed by atoms with Crippen molar-refractivity contribution >= 4 is 22.7 Å². The monoisotopic (exact) mass is 324 g/mol. The van der Waals surface area contributed by atoms with Gasteiger partial charge in [0.1, 0.15) is 5.52 Å². The Bertz CT molecular complexity index is 932. The Morgan fingerprint density at radius 1 is 1.17 bits per heavy atom. The molecule has 3 heterocycles. The first kappa shape index (κ1) is 14.0. The van der Waals surface area contributed by atoms with Crippen molar-refractivity contribution in [2.75, 3.05) is 0 Å². The normalized spacial score (nSPS) is 11.2. The molecule has 4 rings (SSSR count). The van der Waals surface area contributed by atoms with E-state index < -0.39 is 0 Å². The number of benzene rings is 1. The zero-order valence-electron chi connectivity index (χ0n) is 12.2. The van der Waals surface area contributed by atoms with Gasteiger partial charge in [-0.2, -0.15) is 5.10 Å². The van der Waals surface area contributed by atoms with Gasteiger partial charge in [0.05, 0.1) is 11.8 Å². The van der Waals surface area contributed by atoms with E-state index in [4.69, 9.17) is 16.0 Å². The van der Waals surface area contributed by atoms with Gasteiger partial charge < -0.3 is 4.42 Å². The van der Waals surface area contributed by atoms with Crippen LogP contribution in [-0.2, 0) is 12.8 Å². The molecule has 6 heteroatoms. The van der Waals surface area contributed by atoms with E-state index in [1.54, 1.807) is 18.6 Å². The number of nitrogens with zero attached hydrogens (tertiary/aromatic N) is 3. The molecule has 1 aromatic carbocycles. The molecule has 4 aromatic rings. The van der Waals surface area contributed by atoms with Gasteiger partial charge in [0.25, 0.3) is 0 Å². The van der Waals surface area contributed by atoms with E-state index in [1.165, 1.54) is 0 Å². The van der Waals surface area contributed by atoms with E-state index in [0.717, 1.165) is 40.8 Å². The molecule has 0 bridgehead atoms. The summed E-state index contributed by atoms with van der Waals surface area (Å²) in [6.07, 6.45) is 6.83. The molecule has 0 aliphatic carbocycles. The average Bonchev–Trinajstić information content (AvgIpc) is 3.22. The predicted octanol–water partition coefficient (Wildman–Crippen LogP) is 4.05. The lowest BCUT2D eigenvalue weighted by atomic mass is 10.1. The molecule has 0 radical (unpaired) electrons. The first-order valence-corrected chi connectivity index (χ1v) is 7.65. The van der Waals surface area contributed by atoms with E-state index in [-0.39, 0.29) is 0 Å². The van der Waals surface area contributed by atoms with Gasteiger partial charge >= 0.3 is 0 Å². The number of pyridine rings is 1. The fraction of sp³-hybridized carbons (Fsp3) is 0.118. The molecule has 3 aromatic heterocycles. The highest BCUT2D eigenvalue weighted by Gasteiger charge is 2.14. The summed E-state index contributed by atoms with van der Waals surface area (Å²) in [6.45, 7) is 0. The molecule has 114 valence electrons. The summed E-state index contributed by atoms with van der Waals surface area (Å²) in [5.74, 6) is 0.537. The lowest BCUT2D eigenvalue weighted by Gasteiger charge is -2.03. The number of H-pyrrole nitrogens is 1. The Kier molecular flexibility index (Phi) is 3.55. The van der Waals surface area contributed by atoms with Crippen molar-refractivity contribution in [1.29, 1.82) is 0 Å². The number of hydrogen-bond acceptors (Lipinski definition) is 4. The number of nitrogens with one attached hydrogen (secondary N) is 1. The highest BCUT2D eigenvalue weighted by Crippen LogP contribution is 2.29. The Hall–Kier alpha value is -2.66. The van der Waals surface area contributed by atoms with Gasteiger partial charge in [0.15, 0.2) is 5.58 Å². The van der Waals surface area contributed by atoms with Crippen molar-refractivity contribution in [2.24, 2.45) is 0 Å². The van der Waals surface area contributed by atoms with Gasteiger partial charge in [-0.1, -0.05) is 17.7 Å². The Labute approximate surface area is 137 Å². The van der Waals surface area contributed by atoms with Gasteiger partial charge in [0.2, 0.25) is 5.89 Å². The average molecular weight is 325 g/mol. The first-order valence-electron chi connectivity index (χ1n) is 7.27. The minimum Gasteiger partial charge on any atom is -0.436 e. The van der Waals surface area contributed by atoms with E-state index in [0.29, 0.717) is 10.9 Å². The van der Waals surface area contributed by atoms with Crippen molar-refractivity contribution in [3.05, 3.63) is 65.2 Å². The minimum absolute atomic E-state index is 0.537. The molecule has 1 N–H and O–H groups in total. The number of halogens is 1. The maximum Gasteiger partial charge on any atom is 0.230 e. The molecular formula is C17H13ClN4O. The van der Waals surface area contributed by atoms with Gasteiger partial charge in [-0.3, -0.25) is 10.1 Å². The number of oxazole rings is 1. The van der Waals surface area contributed by atoms with Gasteiger partial charge in [-0.15, -0.1) is 0 Å². The van der Waals surface area contributed by atoms with Crippen LogP contribution in [0.25, 0.3) is 22.6 Å². The molecule has 0 fully saturated rings. The summed E-state index contributed by atoms with van der Waals surface area (Å²) >= 11 is 6.22. The van der Waals surface area contributed by atoms with Crippen LogP contribution in [0.1, 0.15) is 11.3 Å². The number of aromatic amines is 1. The van der Waals surface area contributed by atoms with E-state index in [2.05, 4.69) is 20.2 Å². The van der Waals surface area contributed by atoms with Crippen LogP contribution in [0.4, 0.5) is 0 Å². The predicted molar refractivity (Wildman–Crippen MR) is 88.2 cm³/mol. The molecule has 0 saturated heterocycles. The van der Waals surface area contributed by atoms with Crippen LogP contribution < -0.4 is 0 Å². The van der Waals surface area contributed by atoms with Crippen molar-refractivity contribution in [3.8, 4) is 11.5 Å². The molecule has 23 heavy (non-hydrogen) atoms. The van der Waals surface area contributed by atoms with E-state index >= 15 is 0 Å². The minimum atomic E-state index is 0.537. The van der Waals surface area contributed by atoms with E-state index in [9.17, 15) is 0 Å². The summed E-state index contributed by atoms with van der Waals surface area (Å²) in [5.41, 5.74) is 4.40. The van der Waals surface area contributed by atoms with Crippen LogP contribution in [-0.4, -0.2) is 20.2 Å². The van der Waals surface area contributed by atoms with Crippen molar-refractivity contribution in [1.82, 2.24) is 20.2 Å². The summed E-state index contributed by atoms with van der Waals surface area (Å²) in [7, 11) is 0. The zero-order chi connectivity index (χ0) is 15.6. The molecular weight excluding hydrogens is 312 g/mol. The van der Waals surface area contributed by atoms with Gasteiger partial charge in [0, 0.05) is 23.1 Å². The SMILES string of the molecule is Clc1cc(CCc2ccccn2)c2oc(-c3cn[nH]c3)nc2c1. The summed E-state index contributed by atoms with van der Waals surface area (Å²) in [4.78, 5) is 8.86. The lowest BCUT2D eigenvalue weighted by molar-refractivity contribution is 0.614. The van der Waals surface area contributed by atoms with Crippen molar-refractivity contribution in [2.45, 2.75) is 12.8 Å². The third-order valence-electron chi connectivity index (χ3n) is 3.65. The fourth-order valence-electron chi connectivity index (χ4n) is 2.55. The summed E-state index contributed by atoms with van der Waals surface area (Å²) in [6, 6.07) is 9.65. The van der Waals surface area contributed by atoms with Crippen LogP contribution in [0.2, 0.25) is 5.02 Å². The van der Waals surface area contributed by atoms with Crippen LogP contribution in [0.3, 0.4) is 0 Å². The highest BCUT2D eigenvalue weighted by molar-refractivity contribution is 6.31. The molecule has 0 atom stereocenters. The van der Waals surface area contributed by atoms with Crippen LogP contribution >= 0.6 is 11.6 Å². The van der Waals surface area contributed by atoms with Crippen LogP contribution in [0, 0.1) is 0 Å². The fourth-order valence-corrected chi connectivity index (χ4v) is 2.78. The van der Waals surface area contributed by atoms with Crippen molar-refractivity contribution < 1.29 is 4.42 Å². The molecule has 5 nitrogen and oxygen atoms in total. The topological polar surface area (TPSA) is 67.6 Å². The third-order valence-corrected chi connectivity index (χ3v) is 3.87. The highest BCUT2D eigenvalue weighted by atomic mass is 35.5. The van der Waals surface area contributed by atoms with Crippen LogP contribution in [0.15, 0.2) is 53.3 Å². The number of rotatable bonds is 4. The molecule has 0 spiro atoms. The Morgan fingerprint density at radius 2 is 2.13 bits per heavy atom. The molecule has 0 aliphatic rings. The second-order valence-corrected chi connectivity index (χ2v) is 5.68. The standard InChI is InChI=1S/C17H13ClN4O/c18-13-7-11(4-5-14-3-1-2-6-19-14)16-15(8-13)22-17(23-16)12-9-20-21-10-12/h1-3,6-10H,4-5H2,(H,20,21). The lowest BCUT2D eigenvalue weighted by Crippen LogP contribution is -1.94. The van der Waals surface area contributed by atoms with E-state index in [1.807, 2.05) is 30.3 Å². The van der Waals surface area contributed by atoms with Gasteiger partial charge in [-0.05, 0) is 42.7 Å². The maximum atomic E-state index is 6.22. The first-order chi connectivity index (χ1) is 11.3.